The van der Waals surface area contributed by atoms with E-state index in [1.807, 2.05) is 6.92 Å². The average Bonchev–Trinajstić information content (AvgIpc) is 3.10. The molecule has 3 aromatic heterocycles. The molecule has 0 aliphatic heterocycles. The van der Waals surface area contributed by atoms with Gasteiger partial charge in [0.25, 0.3) is 5.88 Å². The molecule has 0 aliphatic rings. The van der Waals surface area contributed by atoms with Gasteiger partial charge in [0.1, 0.15) is 16.5 Å². The van der Waals surface area contributed by atoms with Crippen molar-refractivity contribution in [3.05, 3.63) is 28.6 Å². The van der Waals surface area contributed by atoms with Gasteiger partial charge in [-0.25, -0.2) is 9.97 Å². The lowest BCUT2D eigenvalue weighted by Gasteiger charge is -2.05. The molecule has 0 saturated heterocycles. The zero-order chi connectivity index (χ0) is 14.8. The number of anilines is 1. The average molecular weight is 304 g/mol. The van der Waals surface area contributed by atoms with Gasteiger partial charge in [0.15, 0.2) is 5.76 Å². The van der Waals surface area contributed by atoms with Crippen LogP contribution in [0.15, 0.2) is 16.7 Å². The highest BCUT2D eigenvalue weighted by molar-refractivity contribution is 7.18. The summed E-state index contributed by atoms with van der Waals surface area (Å²) in [6.45, 7) is 4.53. The normalized spacial score (nSPS) is 11.0. The molecule has 0 amide bonds. The van der Waals surface area contributed by atoms with E-state index < -0.39 is 0 Å². The standard InChI is InChI=1S/C14H16N4O2S/c1-4-10-6-11-13(16-8(2)17-14(11)21-10)15-7-9-5-12(19-3)18-20-9/h5-6H,4,7H2,1-3H3,(H,15,16,17). The Morgan fingerprint density at radius 1 is 1.33 bits per heavy atom. The molecule has 0 fully saturated rings. The number of nitrogens with one attached hydrogen (secondary N) is 1. The molecule has 0 atom stereocenters. The lowest BCUT2D eigenvalue weighted by Crippen LogP contribution is -2.02. The number of hydrogen-bond acceptors (Lipinski definition) is 7. The van der Waals surface area contributed by atoms with Gasteiger partial charge in [0.2, 0.25) is 0 Å². The Bertz CT molecular complexity index is 766. The Labute approximate surface area is 126 Å². The molecule has 0 bridgehead atoms. The largest absolute Gasteiger partial charge is 0.479 e. The van der Waals surface area contributed by atoms with Crippen LogP contribution in [0.1, 0.15) is 23.4 Å². The minimum absolute atomic E-state index is 0.472. The fourth-order valence-corrected chi connectivity index (χ4v) is 3.04. The first kappa shape index (κ1) is 13.8. The van der Waals surface area contributed by atoms with Gasteiger partial charge in [-0.05, 0) is 24.6 Å². The second kappa shape index (κ2) is 5.69. The summed E-state index contributed by atoms with van der Waals surface area (Å²) in [5, 5.41) is 8.11. The van der Waals surface area contributed by atoms with Crippen LogP contribution in [0.4, 0.5) is 5.82 Å². The topological polar surface area (TPSA) is 73.1 Å². The first-order valence-corrected chi connectivity index (χ1v) is 7.51. The highest BCUT2D eigenvalue weighted by Crippen LogP contribution is 2.29. The van der Waals surface area contributed by atoms with Gasteiger partial charge in [0.05, 0.1) is 19.0 Å². The Hall–Kier alpha value is -2.15. The van der Waals surface area contributed by atoms with Crippen molar-refractivity contribution in [3.8, 4) is 5.88 Å². The molecule has 6 nitrogen and oxygen atoms in total. The number of ether oxygens (including phenoxy) is 1. The van der Waals surface area contributed by atoms with E-state index in [0.29, 0.717) is 18.2 Å². The minimum Gasteiger partial charge on any atom is -0.479 e. The third-order valence-corrected chi connectivity index (χ3v) is 4.25. The maximum atomic E-state index is 5.17. The number of rotatable bonds is 5. The summed E-state index contributed by atoms with van der Waals surface area (Å²) >= 11 is 1.71. The second-order valence-electron chi connectivity index (χ2n) is 4.59. The Morgan fingerprint density at radius 2 is 2.19 bits per heavy atom. The van der Waals surface area contributed by atoms with Crippen LogP contribution in [-0.2, 0) is 13.0 Å². The molecule has 110 valence electrons. The van der Waals surface area contributed by atoms with E-state index in [1.54, 1.807) is 24.5 Å². The van der Waals surface area contributed by atoms with Gasteiger partial charge >= 0.3 is 0 Å². The van der Waals surface area contributed by atoms with Gasteiger partial charge in [-0.15, -0.1) is 11.3 Å². The van der Waals surface area contributed by atoms with E-state index in [2.05, 4.69) is 33.4 Å². The van der Waals surface area contributed by atoms with Gasteiger partial charge in [0, 0.05) is 10.9 Å². The summed E-state index contributed by atoms with van der Waals surface area (Å²) in [6, 6.07) is 3.89. The smallest absolute Gasteiger partial charge is 0.254 e. The van der Waals surface area contributed by atoms with E-state index in [-0.39, 0.29) is 0 Å². The molecule has 0 aromatic carbocycles. The highest BCUT2D eigenvalue weighted by atomic mass is 32.1. The number of nitrogens with zero attached hydrogens (tertiary/aromatic N) is 3. The molecule has 21 heavy (non-hydrogen) atoms. The number of methoxy groups -OCH3 is 1. The second-order valence-corrected chi connectivity index (χ2v) is 5.71. The van der Waals surface area contributed by atoms with Crippen molar-refractivity contribution < 1.29 is 9.26 Å². The van der Waals surface area contributed by atoms with Crippen LogP contribution in [0.2, 0.25) is 0 Å². The van der Waals surface area contributed by atoms with Crippen LogP contribution < -0.4 is 10.1 Å². The zero-order valence-corrected chi connectivity index (χ0v) is 13.0. The van der Waals surface area contributed by atoms with Gasteiger partial charge in [-0.2, -0.15) is 0 Å². The molecule has 0 spiro atoms. The molecular weight excluding hydrogens is 288 g/mol. The van der Waals surface area contributed by atoms with Crippen LogP contribution in [0.3, 0.4) is 0 Å². The summed E-state index contributed by atoms with van der Waals surface area (Å²) in [5.74, 6) is 2.75. The number of thiophene rings is 1. The third-order valence-electron chi connectivity index (χ3n) is 3.08. The van der Waals surface area contributed by atoms with E-state index in [9.17, 15) is 0 Å². The minimum atomic E-state index is 0.472. The molecule has 7 heteroatoms. The van der Waals surface area contributed by atoms with Crippen molar-refractivity contribution in [1.29, 1.82) is 0 Å². The van der Waals surface area contributed by atoms with Crippen LogP contribution >= 0.6 is 11.3 Å². The molecule has 1 N–H and O–H groups in total. The Kier molecular flexibility index (Phi) is 3.74. The quantitative estimate of drug-likeness (QED) is 0.780. The summed E-state index contributed by atoms with van der Waals surface area (Å²) in [4.78, 5) is 11.3. The molecule has 3 aromatic rings. The fourth-order valence-electron chi connectivity index (χ4n) is 2.03. The molecule has 0 aliphatic carbocycles. The molecule has 0 saturated carbocycles. The lowest BCUT2D eigenvalue weighted by atomic mass is 10.3. The van der Waals surface area contributed by atoms with E-state index in [0.717, 1.165) is 28.3 Å². The first-order valence-electron chi connectivity index (χ1n) is 6.70. The molecule has 0 radical (unpaired) electrons. The summed E-state index contributed by atoms with van der Waals surface area (Å²) in [6.07, 6.45) is 0.999. The zero-order valence-electron chi connectivity index (χ0n) is 12.1. The molecule has 3 heterocycles. The van der Waals surface area contributed by atoms with Gasteiger partial charge < -0.3 is 14.6 Å². The Balaban J connectivity index is 1.86. The maximum Gasteiger partial charge on any atom is 0.254 e. The van der Waals surface area contributed by atoms with Crippen LogP contribution in [0.25, 0.3) is 10.2 Å². The first-order chi connectivity index (χ1) is 10.2. The van der Waals surface area contributed by atoms with Crippen LogP contribution in [0, 0.1) is 6.92 Å². The van der Waals surface area contributed by atoms with E-state index in [1.165, 1.54) is 4.88 Å². The summed E-state index contributed by atoms with van der Waals surface area (Å²) in [5.41, 5.74) is 0. The maximum absolute atomic E-state index is 5.17. The van der Waals surface area contributed by atoms with Gasteiger partial charge in [-0.3, -0.25) is 0 Å². The van der Waals surface area contributed by atoms with E-state index in [4.69, 9.17) is 9.26 Å². The van der Waals surface area contributed by atoms with Crippen LogP contribution in [0.5, 0.6) is 5.88 Å². The SMILES string of the molecule is CCc1cc2c(NCc3cc(OC)no3)nc(C)nc2s1. The summed E-state index contributed by atoms with van der Waals surface area (Å²) < 4.78 is 10.2. The molecular formula is C14H16N4O2S. The Morgan fingerprint density at radius 3 is 2.90 bits per heavy atom. The predicted octanol–water partition coefficient (Wildman–Crippen LogP) is 3.17. The third kappa shape index (κ3) is 2.82. The number of hydrogen-bond donors (Lipinski definition) is 1. The van der Waals surface area contributed by atoms with Gasteiger partial charge in [-0.1, -0.05) is 6.92 Å². The number of fused-ring (bicyclic) bond motifs is 1. The highest BCUT2D eigenvalue weighted by Gasteiger charge is 2.11. The van der Waals surface area contributed by atoms with Crippen molar-refractivity contribution in [2.24, 2.45) is 0 Å². The van der Waals surface area contributed by atoms with Crippen molar-refractivity contribution in [3.63, 3.8) is 0 Å². The fraction of sp³-hybridized carbons (Fsp3) is 0.357. The van der Waals surface area contributed by atoms with Crippen LogP contribution in [-0.4, -0.2) is 22.2 Å². The summed E-state index contributed by atoms with van der Waals surface area (Å²) in [7, 11) is 1.56. The molecule has 0 unspecified atom stereocenters. The van der Waals surface area contributed by atoms with Crippen molar-refractivity contribution in [1.82, 2.24) is 15.1 Å². The molecule has 3 rings (SSSR count). The van der Waals surface area contributed by atoms with Crippen molar-refractivity contribution >= 4 is 27.4 Å². The van der Waals surface area contributed by atoms with Crippen molar-refractivity contribution in [2.45, 2.75) is 26.8 Å². The lowest BCUT2D eigenvalue weighted by molar-refractivity contribution is 0.328. The monoisotopic (exact) mass is 304 g/mol. The number of aromatic nitrogens is 3. The van der Waals surface area contributed by atoms with Crippen molar-refractivity contribution in [2.75, 3.05) is 12.4 Å². The predicted molar refractivity (Wildman–Crippen MR) is 81.9 cm³/mol. The number of aryl methyl sites for hydroxylation is 2. The van der Waals surface area contributed by atoms with E-state index >= 15 is 0 Å².